The van der Waals surface area contributed by atoms with Gasteiger partial charge < -0.3 is 0 Å². The van der Waals surface area contributed by atoms with Crippen molar-refractivity contribution >= 4 is 43.5 Å². The third-order valence-corrected chi connectivity index (χ3v) is 2.14. The van der Waals surface area contributed by atoms with Gasteiger partial charge in [-0.1, -0.05) is 31.9 Å². The maximum absolute atomic E-state index is 5.46. The van der Waals surface area contributed by atoms with Gasteiger partial charge >= 0.3 is 0 Å². The average Bonchev–Trinajstić information content (AvgIpc) is 1.88. The standard InChI is InChI=1S/C5H3Br2ClN2/c6-4(7)3-1-9-5(8)10-2-3/h1-2,4H. The number of aromatic nitrogens is 2. The van der Waals surface area contributed by atoms with Crippen molar-refractivity contribution < 1.29 is 0 Å². The van der Waals surface area contributed by atoms with E-state index in [2.05, 4.69) is 41.8 Å². The predicted molar refractivity (Wildman–Crippen MR) is 47.6 cm³/mol. The van der Waals surface area contributed by atoms with Crippen molar-refractivity contribution in [2.75, 3.05) is 0 Å². The molecule has 0 aliphatic heterocycles. The molecule has 0 unspecified atom stereocenters. The van der Waals surface area contributed by atoms with Gasteiger partial charge in [0.05, 0.1) is 3.74 Å². The van der Waals surface area contributed by atoms with Crippen LogP contribution >= 0.6 is 43.5 Å². The molecular weight excluding hydrogens is 283 g/mol. The lowest BCUT2D eigenvalue weighted by atomic mass is 10.4. The highest BCUT2D eigenvalue weighted by molar-refractivity contribution is 9.24. The molecule has 0 atom stereocenters. The van der Waals surface area contributed by atoms with Crippen molar-refractivity contribution in [2.45, 2.75) is 3.74 Å². The van der Waals surface area contributed by atoms with Crippen LogP contribution in [0.2, 0.25) is 5.28 Å². The molecular formula is C5H3Br2ClN2. The smallest absolute Gasteiger partial charge is 0.222 e. The van der Waals surface area contributed by atoms with Crippen LogP contribution in [0, 0.1) is 0 Å². The minimum Gasteiger partial charge on any atom is -0.226 e. The van der Waals surface area contributed by atoms with Gasteiger partial charge in [0.15, 0.2) is 0 Å². The molecule has 0 spiro atoms. The number of hydrogen-bond donors (Lipinski definition) is 0. The lowest BCUT2D eigenvalue weighted by Gasteiger charge is -1.97. The van der Waals surface area contributed by atoms with Crippen LogP contribution in [0.15, 0.2) is 12.4 Å². The zero-order valence-corrected chi connectivity index (χ0v) is 8.69. The molecule has 1 heterocycles. The van der Waals surface area contributed by atoms with Crippen molar-refractivity contribution in [1.82, 2.24) is 9.97 Å². The van der Waals surface area contributed by atoms with E-state index in [4.69, 9.17) is 11.6 Å². The van der Waals surface area contributed by atoms with Crippen LogP contribution in [0.25, 0.3) is 0 Å². The molecule has 0 fully saturated rings. The molecule has 0 amide bonds. The molecule has 0 aliphatic rings. The molecule has 2 nitrogen and oxygen atoms in total. The van der Waals surface area contributed by atoms with Crippen molar-refractivity contribution in [3.63, 3.8) is 0 Å². The van der Waals surface area contributed by atoms with Gasteiger partial charge in [0.25, 0.3) is 0 Å². The van der Waals surface area contributed by atoms with Crippen LogP contribution < -0.4 is 0 Å². The first-order valence-corrected chi connectivity index (χ1v) is 4.66. The summed E-state index contributed by atoms with van der Waals surface area (Å²) < 4.78 is 0.0947. The van der Waals surface area contributed by atoms with E-state index in [0.717, 1.165) is 5.56 Å². The Morgan fingerprint density at radius 1 is 1.30 bits per heavy atom. The summed E-state index contributed by atoms with van der Waals surface area (Å²) in [6, 6.07) is 0. The first-order valence-electron chi connectivity index (χ1n) is 2.46. The Morgan fingerprint density at radius 3 is 2.20 bits per heavy atom. The highest BCUT2D eigenvalue weighted by Gasteiger charge is 2.01. The summed E-state index contributed by atoms with van der Waals surface area (Å²) in [6.07, 6.45) is 3.31. The summed E-state index contributed by atoms with van der Waals surface area (Å²) in [6.45, 7) is 0. The fourth-order valence-electron chi connectivity index (χ4n) is 0.435. The third kappa shape index (κ3) is 2.18. The predicted octanol–water partition coefficient (Wildman–Crippen LogP) is 2.92. The summed E-state index contributed by atoms with van der Waals surface area (Å²) in [7, 11) is 0. The number of nitrogens with zero attached hydrogens (tertiary/aromatic N) is 2. The molecule has 0 saturated carbocycles. The van der Waals surface area contributed by atoms with Crippen LogP contribution in [0.5, 0.6) is 0 Å². The Bertz CT molecular complexity index is 211. The van der Waals surface area contributed by atoms with Crippen LogP contribution in [0.1, 0.15) is 9.30 Å². The molecule has 1 aromatic heterocycles. The molecule has 0 bridgehead atoms. The van der Waals surface area contributed by atoms with Crippen LogP contribution in [-0.2, 0) is 0 Å². The fraction of sp³-hybridized carbons (Fsp3) is 0.200. The molecule has 0 N–H and O–H groups in total. The van der Waals surface area contributed by atoms with Gasteiger partial charge in [0, 0.05) is 18.0 Å². The van der Waals surface area contributed by atoms with Gasteiger partial charge in [-0.2, -0.15) is 0 Å². The Labute approximate surface area is 80.3 Å². The van der Waals surface area contributed by atoms with E-state index in [-0.39, 0.29) is 9.02 Å². The highest BCUT2D eigenvalue weighted by atomic mass is 79.9. The molecule has 0 aliphatic carbocycles. The number of hydrogen-bond acceptors (Lipinski definition) is 2. The summed E-state index contributed by atoms with van der Waals surface area (Å²) in [5, 5.41) is 0.268. The lowest BCUT2D eigenvalue weighted by molar-refractivity contribution is 1.12. The molecule has 0 radical (unpaired) electrons. The molecule has 1 aromatic rings. The van der Waals surface area contributed by atoms with Gasteiger partial charge in [-0.05, 0) is 11.6 Å². The maximum Gasteiger partial charge on any atom is 0.222 e. The Hall–Kier alpha value is 0.330. The SMILES string of the molecule is Clc1ncc(C(Br)Br)cn1. The molecule has 1 rings (SSSR count). The normalized spacial score (nSPS) is 10.4. The average molecular weight is 286 g/mol. The van der Waals surface area contributed by atoms with Crippen molar-refractivity contribution in [3.8, 4) is 0 Å². The van der Waals surface area contributed by atoms with Crippen molar-refractivity contribution in [2.24, 2.45) is 0 Å². The van der Waals surface area contributed by atoms with E-state index in [1.54, 1.807) is 12.4 Å². The second-order valence-electron chi connectivity index (χ2n) is 1.59. The van der Waals surface area contributed by atoms with E-state index in [9.17, 15) is 0 Å². The Kier molecular flexibility index (Phi) is 3.07. The molecule has 54 valence electrons. The maximum atomic E-state index is 5.46. The van der Waals surface area contributed by atoms with Crippen LogP contribution in [0.3, 0.4) is 0 Å². The molecule has 5 heteroatoms. The van der Waals surface area contributed by atoms with E-state index >= 15 is 0 Å². The summed E-state index contributed by atoms with van der Waals surface area (Å²) in [5.74, 6) is 0. The second-order valence-corrected chi connectivity index (χ2v) is 4.98. The lowest BCUT2D eigenvalue weighted by Crippen LogP contribution is -1.85. The van der Waals surface area contributed by atoms with E-state index in [0.29, 0.717) is 0 Å². The quantitative estimate of drug-likeness (QED) is 0.586. The summed E-state index contributed by atoms with van der Waals surface area (Å²) in [5.41, 5.74) is 0.949. The first-order chi connectivity index (χ1) is 4.70. The van der Waals surface area contributed by atoms with Crippen LogP contribution in [-0.4, -0.2) is 9.97 Å². The first kappa shape index (κ1) is 8.43. The minimum absolute atomic E-state index is 0.0947. The van der Waals surface area contributed by atoms with E-state index < -0.39 is 0 Å². The molecule has 0 aromatic carbocycles. The molecule has 10 heavy (non-hydrogen) atoms. The monoisotopic (exact) mass is 284 g/mol. The summed E-state index contributed by atoms with van der Waals surface area (Å²) in [4.78, 5) is 7.59. The zero-order valence-electron chi connectivity index (χ0n) is 4.76. The van der Waals surface area contributed by atoms with Gasteiger partial charge in [0.2, 0.25) is 5.28 Å². The highest BCUT2D eigenvalue weighted by Crippen LogP contribution is 2.27. The van der Waals surface area contributed by atoms with Crippen molar-refractivity contribution in [3.05, 3.63) is 23.2 Å². The Balaban J connectivity index is 2.89. The topological polar surface area (TPSA) is 25.8 Å². The van der Waals surface area contributed by atoms with Gasteiger partial charge in [-0.25, -0.2) is 9.97 Å². The van der Waals surface area contributed by atoms with Gasteiger partial charge in [-0.3, -0.25) is 0 Å². The fourth-order valence-corrected chi connectivity index (χ4v) is 1.01. The minimum atomic E-state index is 0.0947. The third-order valence-electron chi connectivity index (χ3n) is 0.892. The van der Waals surface area contributed by atoms with E-state index in [1.165, 1.54) is 0 Å². The Morgan fingerprint density at radius 2 is 1.80 bits per heavy atom. The largest absolute Gasteiger partial charge is 0.226 e. The number of rotatable bonds is 1. The molecule has 0 saturated heterocycles. The van der Waals surface area contributed by atoms with Crippen LogP contribution in [0.4, 0.5) is 0 Å². The number of halogens is 3. The van der Waals surface area contributed by atoms with Gasteiger partial charge in [-0.15, -0.1) is 0 Å². The second kappa shape index (κ2) is 3.64. The number of alkyl halides is 2. The summed E-state index contributed by atoms with van der Waals surface area (Å²) >= 11 is 12.1. The van der Waals surface area contributed by atoms with Gasteiger partial charge in [0.1, 0.15) is 0 Å². The van der Waals surface area contributed by atoms with E-state index in [1.807, 2.05) is 0 Å². The van der Waals surface area contributed by atoms with Crippen molar-refractivity contribution in [1.29, 1.82) is 0 Å². The zero-order chi connectivity index (χ0) is 7.56.